The standard InChI is InChI=1S/C11H15NO3/c1-3-5-9(13)12-7-4-6-11(2,8-12)10(14)15/h4,6-8H2,1-2H3,(H,14,15). The first-order valence-electron chi connectivity index (χ1n) is 4.95. The average molecular weight is 209 g/mol. The third-order valence-electron chi connectivity index (χ3n) is 2.73. The first-order chi connectivity index (χ1) is 6.99. The first kappa shape index (κ1) is 11.6. The third-order valence-corrected chi connectivity index (χ3v) is 2.73. The van der Waals surface area contributed by atoms with Gasteiger partial charge in [-0.05, 0) is 32.6 Å². The summed E-state index contributed by atoms with van der Waals surface area (Å²) in [4.78, 5) is 24.0. The van der Waals surface area contributed by atoms with Crippen molar-refractivity contribution in [3.8, 4) is 11.8 Å². The molecule has 0 aromatic carbocycles. The first-order valence-corrected chi connectivity index (χ1v) is 4.95. The van der Waals surface area contributed by atoms with Gasteiger partial charge in [-0.2, -0.15) is 0 Å². The number of hydrogen-bond acceptors (Lipinski definition) is 2. The van der Waals surface area contributed by atoms with Crippen molar-refractivity contribution in [1.29, 1.82) is 0 Å². The molecule has 1 amide bonds. The highest BCUT2D eigenvalue weighted by atomic mass is 16.4. The Bertz CT molecular complexity index is 339. The maximum atomic E-state index is 11.5. The zero-order chi connectivity index (χ0) is 11.5. The van der Waals surface area contributed by atoms with Crippen molar-refractivity contribution in [2.75, 3.05) is 13.1 Å². The molecule has 1 aliphatic rings. The Morgan fingerprint density at radius 2 is 2.13 bits per heavy atom. The fourth-order valence-electron chi connectivity index (χ4n) is 1.77. The van der Waals surface area contributed by atoms with E-state index in [1.165, 1.54) is 4.90 Å². The van der Waals surface area contributed by atoms with E-state index in [0.29, 0.717) is 13.0 Å². The summed E-state index contributed by atoms with van der Waals surface area (Å²) < 4.78 is 0. The largest absolute Gasteiger partial charge is 0.481 e. The van der Waals surface area contributed by atoms with Crippen molar-refractivity contribution in [2.24, 2.45) is 5.41 Å². The molecule has 82 valence electrons. The van der Waals surface area contributed by atoms with E-state index in [1.54, 1.807) is 13.8 Å². The molecule has 1 atom stereocenters. The lowest BCUT2D eigenvalue weighted by Gasteiger charge is -2.36. The molecule has 0 bridgehead atoms. The number of carboxylic acids is 1. The SMILES string of the molecule is CC#CC(=O)N1CCCC(C)(C(=O)O)C1. The zero-order valence-corrected chi connectivity index (χ0v) is 9.04. The number of hydrogen-bond donors (Lipinski definition) is 1. The van der Waals surface area contributed by atoms with Gasteiger partial charge >= 0.3 is 5.97 Å². The maximum absolute atomic E-state index is 11.5. The Morgan fingerprint density at radius 1 is 1.47 bits per heavy atom. The topological polar surface area (TPSA) is 57.6 Å². The fraction of sp³-hybridized carbons (Fsp3) is 0.636. The van der Waals surface area contributed by atoms with Crippen LogP contribution >= 0.6 is 0 Å². The van der Waals surface area contributed by atoms with E-state index < -0.39 is 11.4 Å². The van der Waals surface area contributed by atoms with Gasteiger partial charge in [0.25, 0.3) is 5.91 Å². The Hall–Kier alpha value is -1.50. The van der Waals surface area contributed by atoms with Crippen LogP contribution in [0.2, 0.25) is 0 Å². The van der Waals surface area contributed by atoms with Crippen molar-refractivity contribution in [3.05, 3.63) is 0 Å². The van der Waals surface area contributed by atoms with Gasteiger partial charge in [0.05, 0.1) is 5.41 Å². The lowest BCUT2D eigenvalue weighted by molar-refractivity contribution is -0.152. The molecule has 4 heteroatoms. The van der Waals surface area contributed by atoms with Crippen molar-refractivity contribution >= 4 is 11.9 Å². The second-order valence-electron chi connectivity index (χ2n) is 4.07. The van der Waals surface area contributed by atoms with Crippen LogP contribution in [-0.2, 0) is 9.59 Å². The summed E-state index contributed by atoms with van der Waals surface area (Å²) in [5, 5.41) is 9.05. The second kappa shape index (κ2) is 4.35. The summed E-state index contributed by atoms with van der Waals surface area (Å²) in [6, 6.07) is 0. The molecule has 1 heterocycles. The number of amides is 1. The number of carbonyl (C=O) groups excluding carboxylic acids is 1. The Kier molecular flexibility index (Phi) is 3.35. The molecule has 0 radical (unpaired) electrons. The molecule has 0 aromatic heterocycles. The van der Waals surface area contributed by atoms with Gasteiger partial charge in [0.1, 0.15) is 0 Å². The maximum Gasteiger partial charge on any atom is 0.311 e. The second-order valence-corrected chi connectivity index (χ2v) is 4.07. The zero-order valence-electron chi connectivity index (χ0n) is 9.04. The smallest absolute Gasteiger partial charge is 0.311 e. The molecule has 1 saturated heterocycles. The molecular formula is C11H15NO3. The number of piperidine rings is 1. The van der Waals surface area contributed by atoms with Crippen molar-refractivity contribution in [1.82, 2.24) is 4.90 Å². The molecule has 0 aliphatic carbocycles. The van der Waals surface area contributed by atoms with Gasteiger partial charge < -0.3 is 10.0 Å². The molecule has 4 nitrogen and oxygen atoms in total. The molecule has 1 aliphatic heterocycles. The Balaban J connectivity index is 2.75. The highest BCUT2D eigenvalue weighted by Gasteiger charge is 2.38. The van der Waals surface area contributed by atoms with E-state index in [1.807, 2.05) is 0 Å². The van der Waals surface area contributed by atoms with Crippen LogP contribution in [0, 0.1) is 17.3 Å². The van der Waals surface area contributed by atoms with Crippen LogP contribution in [0.25, 0.3) is 0 Å². The van der Waals surface area contributed by atoms with E-state index in [-0.39, 0.29) is 12.5 Å². The Labute approximate surface area is 89.3 Å². The van der Waals surface area contributed by atoms with Gasteiger partial charge in [-0.3, -0.25) is 9.59 Å². The van der Waals surface area contributed by atoms with Gasteiger partial charge in [-0.25, -0.2) is 0 Å². The van der Waals surface area contributed by atoms with Crippen LogP contribution in [0.1, 0.15) is 26.7 Å². The third kappa shape index (κ3) is 2.50. The number of nitrogens with zero attached hydrogens (tertiary/aromatic N) is 1. The minimum atomic E-state index is -0.843. The molecule has 1 N–H and O–H groups in total. The van der Waals surface area contributed by atoms with Crippen LogP contribution in [0.5, 0.6) is 0 Å². The minimum absolute atomic E-state index is 0.260. The quantitative estimate of drug-likeness (QED) is 0.647. The molecule has 15 heavy (non-hydrogen) atoms. The lowest BCUT2D eigenvalue weighted by Crippen LogP contribution is -2.48. The predicted octanol–water partition coefficient (Wildman–Crippen LogP) is 0.723. The molecular weight excluding hydrogens is 194 g/mol. The van der Waals surface area contributed by atoms with E-state index >= 15 is 0 Å². The summed E-state index contributed by atoms with van der Waals surface area (Å²) in [5.74, 6) is 3.85. The number of carbonyl (C=O) groups is 2. The number of aliphatic carboxylic acids is 1. The summed E-state index contributed by atoms with van der Waals surface area (Å²) in [6.07, 6.45) is 1.34. The predicted molar refractivity (Wildman–Crippen MR) is 55.0 cm³/mol. The normalized spacial score (nSPS) is 25.3. The van der Waals surface area contributed by atoms with Gasteiger partial charge in [0.15, 0.2) is 0 Å². The lowest BCUT2D eigenvalue weighted by atomic mass is 9.82. The van der Waals surface area contributed by atoms with Crippen molar-refractivity contribution in [2.45, 2.75) is 26.7 Å². The average Bonchev–Trinajstić information content (AvgIpc) is 2.18. The van der Waals surface area contributed by atoms with Crippen molar-refractivity contribution in [3.63, 3.8) is 0 Å². The van der Waals surface area contributed by atoms with Crippen LogP contribution in [0.4, 0.5) is 0 Å². The molecule has 0 aromatic rings. The fourth-order valence-corrected chi connectivity index (χ4v) is 1.77. The van der Waals surface area contributed by atoms with E-state index in [4.69, 9.17) is 5.11 Å². The van der Waals surface area contributed by atoms with E-state index in [0.717, 1.165) is 6.42 Å². The van der Waals surface area contributed by atoms with Crippen LogP contribution in [0.15, 0.2) is 0 Å². The summed E-state index contributed by atoms with van der Waals surface area (Å²) in [6.45, 7) is 4.14. The Morgan fingerprint density at radius 3 is 2.67 bits per heavy atom. The number of carboxylic acid groups (broad SMARTS) is 1. The van der Waals surface area contributed by atoms with Gasteiger partial charge in [-0.1, -0.05) is 5.92 Å². The van der Waals surface area contributed by atoms with Gasteiger partial charge in [0, 0.05) is 13.1 Å². The number of rotatable bonds is 1. The molecule has 1 rings (SSSR count). The van der Waals surface area contributed by atoms with Crippen LogP contribution < -0.4 is 0 Å². The van der Waals surface area contributed by atoms with Gasteiger partial charge in [0.2, 0.25) is 0 Å². The summed E-state index contributed by atoms with van der Waals surface area (Å²) >= 11 is 0. The van der Waals surface area contributed by atoms with Crippen LogP contribution in [-0.4, -0.2) is 35.0 Å². The van der Waals surface area contributed by atoms with Gasteiger partial charge in [-0.15, -0.1) is 0 Å². The molecule has 0 saturated carbocycles. The van der Waals surface area contributed by atoms with E-state index in [2.05, 4.69) is 11.8 Å². The summed E-state index contributed by atoms with van der Waals surface area (Å²) in [5.41, 5.74) is -0.816. The molecule has 0 spiro atoms. The molecule has 1 fully saturated rings. The van der Waals surface area contributed by atoms with Crippen LogP contribution in [0.3, 0.4) is 0 Å². The highest BCUT2D eigenvalue weighted by Crippen LogP contribution is 2.29. The highest BCUT2D eigenvalue weighted by molar-refractivity contribution is 5.94. The summed E-state index contributed by atoms with van der Waals surface area (Å²) in [7, 11) is 0. The van der Waals surface area contributed by atoms with E-state index in [9.17, 15) is 9.59 Å². The monoisotopic (exact) mass is 209 g/mol. The minimum Gasteiger partial charge on any atom is -0.481 e. The van der Waals surface area contributed by atoms with Crippen molar-refractivity contribution < 1.29 is 14.7 Å². The molecule has 1 unspecified atom stereocenters. The number of likely N-dealkylation sites (tertiary alicyclic amines) is 1.